The summed E-state index contributed by atoms with van der Waals surface area (Å²) in [6.45, 7) is 1.69. The third kappa shape index (κ3) is 3.83. The van der Waals surface area contributed by atoms with Crippen molar-refractivity contribution in [1.29, 1.82) is 0 Å². The molecule has 1 fully saturated rings. The van der Waals surface area contributed by atoms with Crippen LogP contribution in [0.25, 0.3) is 0 Å². The number of nitro benzene ring substituents is 1. The quantitative estimate of drug-likeness (QED) is 0.600. The number of carbonyl (C=O) groups excluding carboxylic acids is 1. The van der Waals surface area contributed by atoms with Gasteiger partial charge in [-0.1, -0.05) is 6.07 Å². The highest BCUT2D eigenvalue weighted by molar-refractivity contribution is 5.95. The number of rotatable bonds is 4. The summed E-state index contributed by atoms with van der Waals surface area (Å²) < 4.78 is 44.1. The molecule has 2 heterocycles. The normalized spacial score (nSPS) is 14.6. The third-order valence-corrected chi connectivity index (χ3v) is 4.14. The Kier molecular flexibility index (Phi) is 4.73. The molecule has 3 rings (SSSR count). The van der Waals surface area contributed by atoms with Gasteiger partial charge in [-0.05, 0) is 25.1 Å². The van der Waals surface area contributed by atoms with Crippen LogP contribution < -0.4 is 4.74 Å². The van der Waals surface area contributed by atoms with Crippen molar-refractivity contribution in [2.75, 3.05) is 13.1 Å². The first-order valence-electron chi connectivity index (χ1n) is 7.90. The fourth-order valence-electron chi connectivity index (χ4n) is 2.66. The number of hydrogen-bond donors (Lipinski definition) is 0. The molecule has 0 radical (unpaired) electrons. The Morgan fingerprint density at radius 1 is 1.33 bits per heavy atom. The second-order valence-corrected chi connectivity index (χ2v) is 6.06. The van der Waals surface area contributed by atoms with Crippen molar-refractivity contribution in [1.82, 2.24) is 9.88 Å². The minimum absolute atomic E-state index is 0.0639. The van der Waals surface area contributed by atoms with E-state index in [1.54, 1.807) is 6.92 Å². The lowest BCUT2D eigenvalue weighted by Gasteiger charge is -2.39. The lowest BCUT2D eigenvalue weighted by molar-refractivity contribution is -0.385. The van der Waals surface area contributed by atoms with E-state index in [0.717, 1.165) is 12.1 Å². The van der Waals surface area contributed by atoms with Crippen LogP contribution in [0.3, 0.4) is 0 Å². The third-order valence-electron chi connectivity index (χ3n) is 4.14. The maximum atomic E-state index is 12.9. The smallest absolute Gasteiger partial charge is 0.421 e. The van der Waals surface area contributed by atoms with E-state index < -0.39 is 34.6 Å². The van der Waals surface area contributed by atoms with E-state index in [0.29, 0.717) is 5.56 Å². The molecular formula is C17H14F3N3O4. The van der Waals surface area contributed by atoms with Gasteiger partial charge in [0.25, 0.3) is 11.6 Å². The summed E-state index contributed by atoms with van der Waals surface area (Å²) >= 11 is 0. The highest BCUT2D eigenvalue weighted by atomic mass is 19.4. The van der Waals surface area contributed by atoms with Crippen molar-refractivity contribution in [3.8, 4) is 5.88 Å². The molecule has 0 N–H and O–H groups in total. The maximum absolute atomic E-state index is 12.9. The molecule has 0 atom stereocenters. The van der Waals surface area contributed by atoms with Gasteiger partial charge in [-0.15, -0.1) is 0 Å². The summed E-state index contributed by atoms with van der Waals surface area (Å²) in [5.74, 6) is -0.983. The molecule has 142 valence electrons. The number of carbonyl (C=O) groups is 1. The first kappa shape index (κ1) is 18.6. The van der Waals surface area contributed by atoms with Crippen molar-refractivity contribution in [3.05, 3.63) is 63.3 Å². The molecule has 1 aliphatic rings. The molecule has 0 spiro atoms. The van der Waals surface area contributed by atoms with Crippen LogP contribution in [0.1, 0.15) is 21.5 Å². The van der Waals surface area contributed by atoms with Gasteiger partial charge in [-0.25, -0.2) is 4.98 Å². The van der Waals surface area contributed by atoms with E-state index in [2.05, 4.69) is 4.98 Å². The molecule has 7 nitrogen and oxygen atoms in total. The topological polar surface area (TPSA) is 85.6 Å². The zero-order valence-corrected chi connectivity index (χ0v) is 14.1. The van der Waals surface area contributed by atoms with Gasteiger partial charge in [0.1, 0.15) is 11.7 Å². The second kappa shape index (κ2) is 6.86. The SMILES string of the molecule is Cc1ccc(C(=O)N2CC(Oc3ncccc3C(F)(F)F)C2)cc1[N+](=O)[O-]. The van der Waals surface area contributed by atoms with Crippen LogP contribution in [0.5, 0.6) is 5.88 Å². The Morgan fingerprint density at radius 2 is 2.04 bits per heavy atom. The predicted molar refractivity (Wildman–Crippen MR) is 87.4 cm³/mol. The van der Waals surface area contributed by atoms with Crippen LogP contribution in [0.15, 0.2) is 36.5 Å². The number of ether oxygens (including phenoxy) is 1. The van der Waals surface area contributed by atoms with Crippen LogP contribution in [0.2, 0.25) is 0 Å². The number of halogens is 3. The molecule has 0 aliphatic carbocycles. The van der Waals surface area contributed by atoms with Crippen LogP contribution in [-0.2, 0) is 6.18 Å². The second-order valence-electron chi connectivity index (χ2n) is 6.06. The Bertz CT molecular complexity index is 895. The lowest BCUT2D eigenvalue weighted by atomic mass is 10.1. The molecule has 27 heavy (non-hydrogen) atoms. The van der Waals surface area contributed by atoms with E-state index in [1.165, 1.54) is 29.3 Å². The number of likely N-dealkylation sites (tertiary alicyclic amines) is 1. The summed E-state index contributed by atoms with van der Waals surface area (Å²) in [4.78, 5) is 27.8. The van der Waals surface area contributed by atoms with Gasteiger partial charge in [0.15, 0.2) is 0 Å². The molecular weight excluding hydrogens is 367 g/mol. The zero-order valence-electron chi connectivity index (χ0n) is 14.1. The molecule has 2 aromatic rings. The van der Waals surface area contributed by atoms with Crippen LogP contribution >= 0.6 is 0 Å². The van der Waals surface area contributed by atoms with Gasteiger partial charge in [0.2, 0.25) is 5.88 Å². The Morgan fingerprint density at radius 3 is 2.67 bits per heavy atom. The number of amides is 1. The fraction of sp³-hybridized carbons (Fsp3) is 0.294. The van der Waals surface area contributed by atoms with Gasteiger partial charge < -0.3 is 9.64 Å². The van der Waals surface area contributed by atoms with Crippen molar-refractivity contribution in [3.63, 3.8) is 0 Å². The van der Waals surface area contributed by atoms with Gasteiger partial charge in [0.05, 0.1) is 18.0 Å². The Labute approximate surface area is 151 Å². The summed E-state index contributed by atoms with van der Waals surface area (Å²) in [5, 5.41) is 11.0. The van der Waals surface area contributed by atoms with E-state index >= 15 is 0 Å². The summed E-state index contributed by atoms with van der Waals surface area (Å²) in [6.07, 6.45) is -4.04. The van der Waals surface area contributed by atoms with E-state index in [4.69, 9.17) is 4.74 Å². The minimum Gasteiger partial charge on any atom is -0.470 e. The zero-order chi connectivity index (χ0) is 19.8. The number of pyridine rings is 1. The molecule has 1 amide bonds. The molecule has 1 aliphatic heterocycles. The van der Waals surface area contributed by atoms with Crippen LogP contribution in [0.4, 0.5) is 18.9 Å². The Balaban J connectivity index is 1.66. The highest BCUT2D eigenvalue weighted by Crippen LogP contribution is 2.35. The molecule has 0 bridgehead atoms. The molecule has 1 aromatic heterocycles. The van der Waals surface area contributed by atoms with Crippen molar-refractivity contribution in [2.24, 2.45) is 0 Å². The molecule has 0 saturated carbocycles. The van der Waals surface area contributed by atoms with Gasteiger partial charge in [-0.3, -0.25) is 14.9 Å². The number of benzene rings is 1. The number of alkyl halides is 3. The van der Waals surface area contributed by atoms with Gasteiger partial charge in [-0.2, -0.15) is 13.2 Å². The van der Waals surface area contributed by atoms with E-state index in [-0.39, 0.29) is 24.3 Å². The Hall–Kier alpha value is -3.17. The van der Waals surface area contributed by atoms with E-state index in [1.807, 2.05) is 0 Å². The number of nitrogens with zero attached hydrogens (tertiary/aromatic N) is 3. The van der Waals surface area contributed by atoms with E-state index in [9.17, 15) is 28.1 Å². The first-order valence-corrected chi connectivity index (χ1v) is 7.90. The van der Waals surface area contributed by atoms with Crippen molar-refractivity contribution >= 4 is 11.6 Å². The fourth-order valence-corrected chi connectivity index (χ4v) is 2.66. The number of aromatic nitrogens is 1. The van der Waals surface area contributed by atoms with Gasteiger partial charge >= 0.3 is 6.18 Å². The minimum atomic E-state index is -4.59. The lowest BCUT2D eigenvalue weighted by Crippen LogP contribution is -2.56. The molecule has 1 saturated heterocycles. The first-order chi connectivity index (χ1) is 12.7. The average molecular weight is 381 g/mol. The summed E-state index contributed by atoms with van der Waals surface area (Å²) in [6, 6.07) is 6.17. The largest absolute Gasteiger partial charge is 0.470 e. The molecule has 0 unspecified atom stereocenters. The number of aryl methyl sites for hydroxylation is 1. The highest BCUT2D eigenvalue weighted by Gasteiger charge is 2.38. The predicted octanol–water partition coefficient (Wildman–Crippen LogP) is 3.22. The maximum Gasteiger partial charge on any atom is 0.421 e. The number of hydrogen-bond acceptors (Lipinski definition) is 5. The van der Waals surface area contributed by atoms with Crippen molar-refractivity contribution < 1.29 is 27.6 Å². The monoisotopic (exact) mass is 381 g/mol. The average Bonchev–Trinajstić information content (AvgIpc) is 2.56. The van der Waals surface area contributed by atoms with Crippen LogP contribution in [-0.4, -0.2) is 39.9 Å². The van der Waals surface area contributed by atoms with Gasteiger partial charge in [0, 0.05) is 23.4 Å². The summed E-state index contributed by atoms with van der Waals surface area (Å²) in [7, 11) is 0. The standard InChI is InChI=1S/C17H14F3N3O4/c1-10-4-5-11(7-14(10)23(25)26)16(24)22-8-12(9-22)27-15-13(17(18,19)20)3-2-6-21-15/h2-7,12H,8-9H2,1H3. The molecule has 10 heteroatoms. The summed E-state index contributed by atoms with van der Waals surface area (Å²) in [5.41, 5.74) is -0.586. The molecule has 1 aromatic carbocycles. The number of nitro groups is 1. The van der Waals surface area contributed by atoms with Crippen LogP contribution in [0, 0.1) is 17.0 Å². The van der Waals surface area contributed by atoms with Crippen molar-refractivity contribution in [2.45, 2.75) is 19.2 Å².